The molecule has 1 amide bonds. The van der Waals surface area contributed by atoms with Crippen molar-refractivity contribution >= 4 is 23.1 Å². The van der Waals surface area contributed by atoms with Crippen molar-refractivity contribution in [2.75, 3.05) is 19.8 Å². The lowest BCUT2D eigenvalue weighted by molar-refractivity contribution is -0.174. The molecule has 0 aliphatic heterocycles. The molecule has 0 aliphatic rings. The molecular formula is C10H17F3N2O2S. The second kappa shape index (κ2) is 9.09. The molecule has 0 unspecified atom stereocenters. The summed E-state index contributed by atoms with van der Waals surface area (Å²) >= 11 is 4.68. The molecule has 0 aliphatic carbocycles. The van der Waals surface area contributed by atoms with E-state index in [4.69, 9.17) is 5.73 Å². The first-order valence-corrected chi connectivity index (χ1v) is 5.91. The molecule has 0 fully saturated rings. The second-order valence-corrected chi connectivity index (χ2v) is 4.22. The maximum atomic E-state index is 11.7. The molecule has 18 heavy (non-hydrogen) atoms. The van der Waals surface area contributed by atoms with E-state index in [2.05, 4.69) is 22.3 Å². The molecule has 8 heteroatoms. The first-order chi connectivity index (χ1) is 8.31. The number of halogens is 3. The van der Waals surface area contributed by atoms with Crippen LogP contribution in [0.5, 0.6) is 0 Å². The monoisotopic (exact) mass is 286 g/mol. The minimum atomic E-state index is -4.35. The van der Waals surface area contributed by atoms with Crippen LogP contribution in [0.15, 0.2) is 0 Å². The molecule has 0 atom stereocenters. The predicted octanol–water partition coefficient (Wildman–Crippen LogP) is 1.53. The summed E-state index contributed by atoms with van der Waals surface area (Å²) in [4.78, 5) is 11.6. The van der Waals surface area contributed by atoms with Crippen molar-refractivity contribution in [1.82, 2.24) is 5.32 Å². The van der Waals surface area contributed by atoms with Crippen LogP contribution in [0.25, 0.3) is 0 Å². The van der Waals surface area contributed by atoms with Gasteiger partial charge in [0.15, 0.2) is 0 Å². The third kappa shape index (κ3) is 13.2. The van der Waals surface area contributed by atoms with E-state index < -0.39 is 12.8 Å². The number of ether oxygens (including phenoxy) is 1. The highest BCUT2D eigenvalue weighted by atomic mass is 32.1. The minimum Gasteiger partial charge on any atom is -0.393 e. The fraction of sp³-hybridized carbons (Fsp3) is 0.800. The van der Waals surface area contributed by atoms with Crippen molar-refractivity contribution in [3.63, 3.8) is 0 Å². The number of thiocarbonyl (C=S) groups is 1. The van der Waals surface area contributed by atoms with E-state index in [-0.39, 0.29) is 18.9 Å². The zero-order valence-electron chi connectivity index (χ0n) is 9.89. The maximum Gasteiger partial charge on any atom is 0.411 e. The number of alkyl halides is 3. The summed E-state index contributed by atoms with van der Waals surface area (Å²) in [5.41, 5.74) is 5.29. The molecule has 0 radical (unpaired) electrons. The van der Waals surface area contributed by atoms with E-state index in [0.717, 1.165) is 12.8 Å². The molecule has 0 aromatic heterocycles. The van der Waals surface area contributed by atoms with Crippen molar-refractivity contribution in [1.29, 1.82) is 0 Å². The number of nitrogens with two attached hydrogens (primary N) is 1. The normalized spacial score (nSPS) is 11.3. The van der Waals surface area contributed by atoms with Gasteiger partial charge >= 0.3 is 6.18 Å². The van der Waals surface area contributed by atoms with Gasteiger partial charge in [0.05, 0.1) is 11.6 Å². The Hall–Kier alpha value is -0.890. The molecule has 0 saturated heterocycles. The molecule has 0 aromatic rings. The summed E-state index contributed by atoms with van der Waals surface area (Å²) in [7, 11) is 0. The number of unbranched alkanes of at least 4 members (excludes halogenated alkanes) is 1. The molecule has 0 rings (SSSR count). The summed E-state index contributed by atoms with van der Waals surface area (Å²) in [6.45, 7) is -1.10. The molecule has 0 heterocycles. The molecule has 0 spiro atoms. The lowest BCUT2D eigenvalue weighted by Gasteiger charge is -2.08. The third-order valence-electron chi connectivity index (χ3n) is 1.91. The Balaban J connectivity index is 3.35. The summed E-state index contributed by atoms with van der Waals surface area (Å²) < 4.78 is 39.4. The fourth-order valence-electron chi connectivity index (χ4n) is 1.09. The number of amides is 1. The van der Waals surface area contributed by atoms with Crippen LogP contribution < -0.4 is 11.1 Å². The van der Waals surface area contributed by atoms with Crippen LogP contribution in [0.2, 0.25) is 0 Å². The Labute approximate surface area is 109 Å². The van der Waals surface area contributed by atoms with Gasteiger partial charge in [0, 0.05) is 13.0 Å². The van der Waals surface area contributed by atoms with Crippen molar-refractivity contribution in [3.05, 3.63) is 0 Å². The van der Waals surface area contributed by atoms with Crippen molar-refractivity contribution in [2.45, 2.75) is 31.9 Å². The van der Waals surface area contributed by atoms with Gasteiger partial charge in [-0.1, -0.05) is 12.2 Å². The highest BCUT2D eigenvalue weighted by molar-refractivity contribution is 7.80. The Morgan fingerprint density at radius 3 is 2.50 bits per heavy atom. The highest BCUT2D eigenvalue weighted by Crippen LogP contribution is 2.14. The van der Waals surface area contributed by atoms with Crippen molar-refractivity contribution in [2.24, 2.45) is 5.73 Å². The van der Waals surface area contributed by atoms with Crippen LogP contribution in [-0.4, -0.2) is 36.8 Å². The molecule has 0 saturated carbocycles. The summed E-state index contributed by atoms with van der Waals surface area (Å²) in [6.07, 6.45) is -2.30. The van der Waals surface area contributed by atoms with E-state index >= 15 is 0 Å². The van der Waals surface area contributed by atoms with Crippen LogP contribution in [0.3, 0.4) is 0 Å². The predicted molar refractivity (Wildman–Crippen MR) is 65.1 cm³/mol. The third-order valence-corrected chi connectivity index (χ3v) is 2.12. The largest absolute Gasteiger partial charge is 0.411 e. The Bertz CT molecular complexity index is 272. The van der Waals surface area contributed by atoms with E-state index in [1.807, 2.05) is 0 Å². The molecule has 106 valence electrons. The van der Waals surface area contributed by atoms with Gasteiger partial charge in [-0.25, -0.2) is 0 Å². The molecule has 4 nitrogen and oxygen atoms in total. The average Bonchev–Trinajstić information content (AvgIpc) is 2.22. The van der Waals surface area contributed by atoms with Crippen molar-refractivity contribution in [3.8, 4) is 0 Å². The highest BCUT2D eigenvalue weighted by Gasteiger charge is 2.27. The number of carbonyl (C=O) groups is 1. The lowest BCUT2D eigenvalue weighted by atomic mass is 10.2. The van der Waals surface area contributed by atoms with Crippen LogP contribution in [0.1, 0.15) is 25.7 Å². The van der Waals surface area contributed by atoms with Gasteiger partial charge in [0.2, 0.25) is 5.91 Å². The zero-order valence-corrected chi connectivity index (χ0v) is 10.7. The Morgan fingerprint density at radius 1 is 1.28 bits per heavy atom. The average molecular weight is 286 g/mol. The SMILES string of the molecule is NC(=S)CCCCNC(=O)CCOCC(F)(F)F. The minimum absolute atomic E-state index is 0.0780. The topological polar surface area (TPSA) is 64.3 Å². The van der Waals surface area contributed by atoms with Gasteiger partial charge in [-0.05, 0) is 19.3 Å². The van der Waals surface area contributed by atoms with Gasteiger partial charge in [-0.3, -0.25) is 4.79 Å². The van der Waals surface area contributed by atoms with Crippen LogP contribution in [0.4, 0.5) is 13.2 Å². The van der Waals surface area contributed by atoms with E-state index in [1.165, 1.54) is 0 Å². The first kappa shape index (κ1) is 17.1. The standard InChI is InChI=1S/C10H17F3N2O2S/c11-10(12,13)7-17-6-4-9(16)15-5-2-1-3-8(14)18/h1-7H2,(H2,14,18)(H,15,16). The van der Waals surface area contributed by atoms with Crippen LogP contribution in [-0.2, 0) is 9.53 Å². The smallest absolute Gasteiger partial charge is 0.393 e. The summed E-state index contributed by atoms with van der Waals surface area (Å²) in [5.74, 6) is -0.326. The Morgan fingerprint density at radius 2 is 1.94 bits per heavy atom. The first-order valence-electron chi connectivity index (χ1n) is 5.51. The molecule has 3 N–H and O–H groups in total. The van der Waals surface area contributed by atoms with Gasteiger partial charge in [0.1, 0.15) is 6.61 Å². The van der Waals surface area contributed by atoms with Gasteiger partial charge in [0.25, 0.3) is 0 Å². The molecule has 0 bridgehead atoms. The fourth-order valence-corrected chi connectivity index (χ4v) is 1.24. The van der Waals surface area contributed by atoms with Gasteiger partial charge in [-0.2, -0.15) is 13.2 Å². The lowest BCUT2D eigenvalue weighted by Crippen LogP contribution is -2.26. The summed E-state index contributed by atoms with van der Waals surface area (Å²) in [5, 5.41) is 2.57. The number of hydrogen-bond acceptors (Lipinski definition) is 3. The second-order valence-electron chi connectivity index (χ2n) is 3.69. The van der Waals surface area contributed by atoms with Gasteiger partial charge in [-0.15, -0.1) is 0 Å². The summed E-state index contributed by atoms with van der Waals surface area (Å²) in [6, 6.07) is 0. The molecular weight excluding hydrogens is 269 g/mol. The number of nitrogens with one attached hydrogen (secondary N) is 1. The van der Waals surface area contributed by atoms with E-state index in [1.54, 1.807) is 0 Å². The van der Waals surface area contributed by atoms with E-state index in [9.17, 15) is 18.0 Å². The van der Waals surface area contributed by atoms with E-state index in [0.29, 0.717) is 18.0 Å². The van der Waals surface area contributed by atoms with Crippen LogP contribution >= 0.6 is 12.2 Å². The maximum absolute atomic E-state index is 11.7. The van der Waals surface area contributed by atoms with Crippen molar-refractivity contribution < 1.29 is 22.7 Å². The number of rotatable bonds is 9. The Kier molecular flexibility index (Phi) is 8.65. The number of carbonyl (C=O) groups excluding carboxylic acids is 1. The van der Waals surface area contributed by atoms with Gasteiger partial charge < -0.3 is 15.8 Å². The number of hydrogen-bond donors (Lipinski definition) is 2. The quantitative estimate of drug-likeness (QED) is 0.498. The molecule has 0 aromatic carbocycles. The van der Waals surface area contributed by atoms with Crippen LogP contribution in [0, 0.1) is 0 Å². The zero-order chi connectivity index (χ0) is 14.0.